The van der Waals surface area contributed by atoms with Gasteiger partial charge < -0.3 is 10.2 Å². The van der Waals surface area contributed by atoms with Crippen LogP contribution in [0.4, 0.5) is 0 Å². The van der Waals surface area contributed by atoms with Gasteiger partial charge in [-0.15, -0.1) is 0 Å². The lowest BCUT2D eigenvalue weighted by molar-refractivity contribution is 0.164. The number of nitrogens with zero attached hydrogens (tertiary/aromatic N) is 2. The van der Waals surface area contributed by atoms with Gasteiger partial charge in [-0.3, -0.25) is 0 Å². The monoisotopic (exact) mass is 275 g/mol. The Labute approximate surface area is 111 Å². The summed E-state index contributed by atoms with van der Waals surface area (Å²) in [6, 6.07) is 0. The molecule has 18 heavy (non-hydrogen) atoms. The Hall–Kier alpha value is -0.170. The summed E-state index contributed by atoms with van der Waals surface area (Å²) in [5.41, 5.74) is 0. The zero-order valence-corrected chi connectivity index (χ0v) is 12.1. The molecular formula is C12H25N3O2S. The summed E-state index contributed by atoms with van der Waals surface area (Å²) >= 11 is 0. The summed E-state index contributed by atoms with van der Waals surface area (Å²) < 4.78 is 25.5. The van der Waals surface area contributed by atoms with Crippen molar-refractivity contribution in [2.45, 2.75) is 19.8 Å². The number of hydrogen-bond acceptors (Lipinski definition) is 4. The van der Waals surface area contributed by atoms with Gasteiger partial charge in [0.15, 0.2) is 0 Å². The van der Waals surface area contributed by atoms with E-state index in [0.29, 0.717) is 12.5 Å². The van der Waals surface area contributed by atoms with Gasteiger partial charge in [0, 0.05) is 45.8 Å². The predicted molar refractivity (Wildman–Crippen MR) is 73.1 cm³/mol. The van der Waals surface area contributed by atoms with Gasteiger partial charge in [0.2, 0.25) is 10.0 Å². The van der Waals surface area contributed by atoms with Crippen LogP contribution in [0, 0.1) is 5.92 Å². The van der Waals surface area contributed by atoms with E-state index in [1.807, 2.05) is 0 Å². The smallest absolute Gasteiger partial charge is 0.213 e. The van der Waals surface area contributed by atoms with Crippen molar-refractivity contribution in [3.8, 4) is 0 Å². The van der Waals surface area contributed by atoms with Crippen LogP contribution in [-0.4, -0.2) is 69.2 Å². The number of nitrogens with one attached hydrogen (secondary N) is 1. The molecule has 0 spiro atoms. The first-order valence-electron chi connectivity index (χ1n) is 7.02. The molecule has 0 aromatic heterocycles. The SMILES string of the molecule is CCS(=O)(=O)N1CCCC(CN2CCNCC2)C1. The van der Waals surface area contributed by atoms with E-state index in [4.69, 9.17) is 0 Å². The first-order valence-corrected chi connectivity index (χ1v) is 8.63. The van der Waals surface area contributed by atoms with Crippen LogP contribution in [0.15, 0.2) is 0 Å². The Balaban J connectivity index is 1.86. The van der Waals surface area contributed by atoms with E-state index in [0.717, 1.165) is 45.7 Å². The fourth-order valence-corrected chi connectivity index (χ4v) is 4.08. The van der Waals surface area contributed by atoms with E-state index in [1.54, 1.807) is 11.2 Å². The summed E-state index contributed by atoms with van der Waals surface area (Å²) in [5.74, 6) is 0.742. The van der Waals surface area contributed by atoms with Crippen LogP contribution < -0.4 is 5.32 Å². The Bertz CT molecular complexity index is 352. The third-order valence-corrected chi connectivity index (χ3v) is 5.81. The molecule has 1 atom stereocenters. The zero-order valence-electron chi connectivity index (χ0n) is 11.3. The maximum Gasteiger partial charge on any atom is 0.213 e. The van der Waals surface area contributed by atoms with Gasteiger partial charge in [-0.2, -0.15) is 0 Å². The predicted octanol–water partition coefficient (Wildman–Crippen LogP) is -0.0467. The molecule has 2 rings (SSSR count). The van der Waals surface area contributed by atoms with E-state index in [2.05, 4.69) is 10.2 Å². The molecule has 2 fully saturated rings. The van der Waals surface area contributed by atoms with Gasteiger partial charge in [0.25, 0.3) is 0 Å². The summed E-state index contributed by atoms with van der Waals surface area (Å²) in [6.45, 7) is 8.53. The quantitative estimate of drug-likeness (QED) is 0.782. The van der Waals surface area contributed by atoms with Crippen molar-refractivity contribution in [3.63, 3.8) is 0 Å². The van der Waals surface area contributed by atoms with Crippen LogP contribution in [0.2, 0.25) is 0 Å². The van der Waals surface area contributed by atoms with Crippen LogP contribution in [0.3, 0.4) is 0 Å². The van der Waals surface area contributed by atoms with Gasteiger partial charge in [0.05, 0.1) is 5.75 Å². The topological polar surface area (TPSA) is 52.7 Å². The van der Waals surface area contributed by atoms with Crippen molar-refractivity contribution in [2.24, 2.45) is 5.92 Å². The number of hydrogen-bond donors (Lipinski definition) is 1. The molecule has 0 bridgehead atoms. The zero-order chi connectivity index (χ0) is 13.0. The van der Waals surface area contributed by atoms with Gasteiger partial charge in [0.1, 0.15) is 0 Å². The molecular weight excluding hydrogens is 250 g/mol. The number of piperidine rings is 1. The molecule has 2 saturated heterocycles. The molecule has 1 unspecified atom stereocenters. The Morgan fingerprint density at radius 1 is 1.22 bits per heavy atom. The van der Waals surface area contributed by atoms with Crippen molar-refractivity contribution in [1.82, 2.24) is 14.5 Å². The number of piperazine rings is 1. The van der Waals surface area contributed by atoms with E-state index >= 15 is 0 Å². The van der Waals surface area contributed by atoms with Gasteiger partial charge in [-0.1, -0.05) is 0 Å². The first-order chi connectivity index (χ1) is 8.62. The molecule has 6 heteroatoms. The van der Waals surface area contributed by atoms with Gasteiger partial charge in [-0.05, 0) is 25.7 Å². The second kappa shape index (κ2) is 6.32. The molecule has 0 aromatic rings. The molecule has 106 valence electrons. The highest BCUT2D eigenvalue weighted by Crippen LogP contribution is 2.20. The van der Waals surface area contributed by atoms with Crippen LogP contribution >= 0.6 is 0 Å². The average Bonchev–Trinajstić information content (AvgIpc) is 2.40. The molecule has 5 nitrogen and oxygen atoms in total. The van der Waals surface area contributed by atoms with E-state index in [1.165, 1.54) is 6.42 Å². The molecule has 0 aromatic carbocycles. The van der Waals surface area contributed by atoms with Crippen molar-refractivity contribution in [2.75, 3.05) is 51.6 Å². The molecule has 1 N–H and O–H groups in total. The highest BCUT2D eigenvalue weighted by atomic mass is 32.2. The fraction of sp³-hybridized carbons (Fsp3) is 1.00. The van der Waals surface area contributed by atoms with Crippen LogP contribution in [-0.2, 0) is 10.0 Å². The van der Waals surface area contributed by atoms with Crippen molar-refractivity contribution in [3.05, 3.63) is 0 Å². The maximum absolute atomic E-state index is 11.9. The minimum atomic E-state index is -2.99. The second-order valence-corrected chi connectivity index (χ2v) is 7.58. The fourth-order valence-electron chi connectivity index (χ4n) is 2.87. The van der Waals surface area contributed by atoms with Crippen molar-refractivity contribution in [1.29, 1.82) is 0 Å². The van der Waals surface area contributed by atoms with Gasteiger partial charge in [-0.25, -0.2) is 12.7 Å². The van der Waals surface area contributed by atoms with Crippen LogP contribution in [0.5, 0.6) is 0 Å². The highest BCUT2D eigenvalue weighted by Gasteiger charge is 2.28. The molecule has 2 aliphatic rings. The minimum Gasteiger partial charge on any atom is -0.314 e. The lowest BCUT2D eigenvalue weighted by Gasteiger charge is -2.36. The minimum absolute atomic E-state index is 0.230. The van der Waals surface area contributed by atoms with Gasteiger partial charge >= 0.3 is 0 Å². The third-order valence-electron chi connectivity index (χ3n) is 3.97. The largest absolute Gasteiger partial charge is 0.314 e. The molecule has 0 radical (unpaired) electrons. The molecule has 0 aliphatic carbocycles. The summed E-state index contributed by atoms with van der Waals surface area (Å²) in [5, 5.41) is 3.35. The first kappa shape index (κ1) is 14.2. The molecule has 2 heterocycles. The normalized spacial score (nSPS) is 28.4. The van der Waals surface area contributed by atoms with Crippen LogP contribution in [0.1, 0.15) is 19.8 Å². The number of sulfonamides is 1. The van der Waals surface area contributed by atoms with E-state index in [9.17, 15) is 8.42 Å². The van der Waals surface area contributed by atoms with Crippen molar-refractivity contribution < 1.29 is 8.42 Å². The van der Waals surface area contributed by atoms with Crippen molar-refractivity contribution >= 4 is 10.0 Å². The summed E-state index contributed by atoms with van der Waals surface area (Å²) in [4.78, 5) is 2.46. The Morgan fingerprint density at radius 3 is 2.61 bits per heavy atom. The average molecular weight is 275 g/mol. The summed E-state index contributed by atoms with van der Waals surface area (Å²) in [6.07, 6.45) is 2.18. The molecule has 2 aliphatic heterocycles. The Kier molecular flexibility index (Phi) is 5.00. The second-order valence-electron chi connectivity index (χ2n) is 5.32. The summed E-state index contributed by atoms with van der Waals surface area (Å²) in [7, 11) is -2.99. The lowest BCUT2D eigenvalue weighted by atomic mass is 9.99. The van der Waals surface area contributed by atoms with E-state index < -0.39 is 10.0 Å². The standard InChI is InChI=1S/C12H25N3O2S/c1-2-18(16,17)15-7-3-4-12(11-15)10-14-8-5-13-6-9-14/h12-13H,2-11H2,1H3. The maximum atomic E-state index is 11.9. The Morgan fingerprint density at radius 2 is 1.94 bits per heavy atom. The third kappa shape index (κ3) is 3.66. The highest BCUT2D eigenvalue weighted by molar-refractivity contribution is 7.89. The van der Waals surface area contributed by atoms with Crippen LogP contribution in [0.25, 0.3) is 0 Å². The molecule has 0 amide bonds. The molecule has 0 saturated carbocycles. The van der Waals surface area contributed by atoms with E-state index in [-0.39, 0.29) is 5.75 Å². The number of rotatable bonds is 4. The lowest BCUT2D eigenvalue weighted by Crippen LogP contribution is -2.48.